The van der Waals surface area contributed by atoms with Crippen molar-refractivity contribution >= 4 is 135 Å². The first-order valence-corrected chi connectivity index (χ1v) is 45.9. The summed E-state index contributed by atoms with van der Waals surface area (Å²) in [5.41, 5.74) is 7.36. The smallest absolute Gasteiger partial charge is 0.416 e. The van der Waals surface area contributed by atoms with Gasteiger partial charge in [-0.1, -0.05) is 176 Å². The Morgan fingerprint density at radius 1 is 0.309 bits per heavy atom. The summed E-state index contributed by atoms with van der Waals surface area (Å²) in [6.45, 7) is 13.8. The first kappa shape index (κ1) is 104. The largest absolute Gasteiger partial charge is 0.469 e. The number of rotatable bonds is 20. The molecule has 0 aliphatic carbocycles. The van der Waals surface area contributed by atoms with Crippen molar-refractivity contribution in [3.8, 4) is 0 Å². The number of nitrogens with zero attached hydrogens (tertiary/aromatic N) is 12. The van der Waals surface area contributed by atoms with Crippen LogP contribution in [0, 0.1) is 27.3 Å². The van der Waals surface area contributed by atoms with E-state index in [0.29, 0.717) is 100 Å². The first-order chi connectivity index (χ1) is 71.2. The molecule has 0 saturated heterocycles. The van der Waals surface area contributed by atoms with Gasteiger partial charge in [-0.2, -0.15) is 96.4 Å². The van der Waals surface area contributed by atoms with Gasteiger partial charge in [-0.3, -0.25) is 52.5 Å². The van der Waals surface area contributed by atoms with E-state index in [2.05, 4.69) is 83.0 Å². The number of carbonyl (C=O) groups excluding carboxylic acids is 5. The number of furan rings is 1. The van der Waals surface area contributed by atoms with Crippen LogP contribution in [-0.2, 0) is 63.6 Å². The van der Waals surface area contributed by atoms with Crippen molar-refractivity contribution in [3.05, 3.63) is 450 Å². The maximum atomic E-state index is 12.8. The molecule has 0 aliphatic heterocycles. The fourth-order valence-electron chi connectivity index (χ4n) is 15.9. The zero-order valence-electron chi connectivity index (χ0n) is 78.2. The van der Waals surface area contributed by atoms with Gasteiger partial charge in [-0.05, 0) is 216 Å². The minimum atomic E-state index is -4.39. The standard InChI is InChI=1S/C23H15F3N4O.C23H18F3N3O.C22H15BrF3N3O.C21H16F3N3O2.C20H16F3N5O/c1-27-19-8-4-2-6-17(19)22(31)28-21-18-7-3-5-9-20(18)30(29-21)14-15-10-12-16(13-11-15)23(24,25)26;1-15-6-2-3-7-18(15)22(30)27-21-19-8-4-5-9-20(19)29(28-21)14-16-10-12-17(13-11-16)23(24,25)26;23-18-7-3-1-5-16(18)21(30)27-20-17-6-2-4-8-19(17)29(28-20)13-14-9-11-15(12-10-14)22(24,25)26;1-13-16(10-11-29-13)20(28)25-19-17-4-2-3-5-18(17)27(26-19)12-14-6-8-15(9-7-14)21(22,23)24;1-12-16(10-24-26-12)19(29)25-18-15-4-2-3-5-17(15)28(27-18)11-13-6-8-14(9-7-13)20(21,22)23/h2-13H,14H2,(H,28,29,31);2-13H,14H2,1H3,(H,27,28,30);1-12H,13H2,(H,27,28,30);2-11H,12H2,1H3,(H,25,26,28);2-10H,11H2,1H3,(H,24,26)(H,25,27,29). The van der Waals surface area contributed by atoms with Crippen LogP contribution in [0.15, 0.2) is 343 Å². The number of nitrogens with one attached hydrogen (secondary N) is 6. The van der Waals surface area contributed by atoms with Crippen molar-refractivity contribution in [2.24, 2.45) is 0 Å². The predicted octanol–water partition coefficient (Wildman–Crippen LogP) is 27.3. The molecule has 7 aromatic heterocycles. The summed E-state index contributed by atoms with van der Waals surface area (Å²) in [6, 6.07) is 83.7. The lowest BCUT2D eigenvalue weighted by Gasteiger charge is -2.08. The molecule has 0 bridgehead atoms. The minimum Gasteiger partial charge on any atom is -0.469 e. The second-order valence-corrected chi connectivity index (χ2v) is 34.4. The van der Waals surface area contributed by atoms with Crippen LogP contribution in [0.3, 0.4) is 0 Å². The highest BCUT2D eigenvalue weighted by Gasteiger charge is 2.35. The van der Waals surface area contributed by atoms with Gasteiger partial charge >= 0.3 is 30.9 Å². The summed E-state index contributed by atoms with van der Waals surface area (Å²) in [4.78, 5) is 66.5. The lowest BCUT2D eigenvalue weighted by molar-refractivity contribution is -0.138. The number of aryl methyl sites for hydroxylation is 3. The quantitative estimate of drug-likeness (QED) is 0.0307. The Hall–Kier alpha value is -18.0. The summed E-state index contributed by atoms with van der Waals surface area (Å²) in [5, 5.41) is 46.6. The second-order valence-electron chi connectivity index (χ2n) is 33.6. The number of para-hydroxylation sites is 6. The lowest BCUT2D eigenvalue weighted by Crippen LogP contribution is -2.14. The van der Waals surface area contributed by atoms with Crippen LogP contribution in [-0.4, -0.2) is 88.6 Å². The Kier molecular flexibility index (Phi) is 30.9. The van der Waals surface area contributed by atoms with Crippen molar-refractivity contribution < 1.29 is 94.2 Å². The SMILES string of the molecule is Cc1[nH]ncc1C(=O)Nc1nn(Cc2ccc(C(F)(F)F)cc2)c2ccccc12.Cc1ccccc1C(=O)Nc1nn(Cc2ccc(C(F)(F)F)cc2)c2ccccc12.Cc1occc1C(=O)Nc1nn(Cc2ccc(C(F)(F)F)cc2)c2ccccc12.O=C(Nc1nn(Cc2ccc(C(F)(F)F)cc2)c2ccccc12)c1ccccc1Br.[C-]#[N+]c1ccccc1C(=O)Nc1nn(Cc2ccc(C(F)(F)F)cc2)c2ccccc12. The van der Waals surface area contributed by atoms with E-state index in [0.717, 1.165) is 115 Å². The van der Waals surface area contributed by atoms with Gasteiger partial charge in [0.05, 0.1) is 124 Å². The number of anilines is 5. The van der Waals surface area contributed by atoms with Crippen LogP contribution in [0.4, 0.5) is 101 Å². The molecule has 40 heteroatoms. The molecule has 0 saturated carbocycles. The van der Waals surface area contributed by atoms with Crippen LogP contribution >= 0.6 is 15.9 Å². The molecule has 754 valence electrons. The van der Waals surface area contributed by atoms with Crippen LogP contribution < -0.4 is 26.6 Å². The van der Waals surface area contributed by atoms with Gasteiger partial charge in [0.2, 0.25) is 5.91 Å². The van der Waals surface area contributed by atoms with E-state index in [1.165, 1.54) is 73.1 Å². The molecule has 0 aliphatic rings. The summed E-state index contributed by atoms with van der Waals surface area (Å²) in [6.07, 6.45) is -19.0. The van der Waals surface area contributed by atoms with Crippen molar-refractivity contribution in [1.82, 2.24) is 59.1 Å². The highest BCUT2D eigenvalue weighted by atomic mass is 79.9. The van der Waals surface area contributed by atoms with Crippen LogP contribution in [0.1, 0.15) is 124 Å². The molecular formula is C109H80BrF15N18O6. The second kappa shape index (κ2) is 44.3. The number of hydrogen-bond donors (Lipinski definition) is 6. The number of fused-ring (bicyclic) bond motifs is 5. The molecule has 0 spiro atoms. The first-order valence-electron chi connectivity index (χ1n) is 45.1. The number of alkyl halides is 15. The minimum absolute atomic E-state index is 0.229. The van der Waals surface area contributed by atoms with Crippen molar-refractivity contribution in [2.75, 3.05) is 26.6 Å². The number of halogens is 16. The number of H-pyrrole nitrogens is 1. The number of benzene rings is 13. The molecular weight excluding hydrogens is 2020 g/mol. The highest BCUT2D eigenvalue weighted by Crippen LogP contribution is 2.39. The number of aromatic nitrogens is 12. The molecule has 6 N–H and O–H groups in total. The van der Waals surface area contributed by atoms with Crippen LogP contribution in [0.5, 0.6) is 0 Å². The zero-order valence-corrected chi connectivity index (χ0v) is 79.7. The Morgan fingerprint density at radius 3 is 0.826 bits per heavy atom. The van der Waals surface area contributed by atoms with E-state index in [1.54, 1.807) is 110 Å². The van der Waals surface area contributed by atoms with E-state index in [-0.39, 0.29) is 67.6 Å². The van der Waals surface area contributed by atoms with Gasteiger partial charge in [0.1, 0.15) is 5.76 Å². The van der Waals surface area contributed by atoms with E-state index in [1.807, 2.05) is 134 Å². The number of amides is 5. The van der Waals surface area contributed by atoms with Crippen molar-refractivity contribution in [2.45, 2.75) is 84.4 Å². The zero-order chi connectivity index (χ0) is 106. The summed E-state index contributed by atoms with van der Waals surface area (Å²) in [7, 11) is 0. The third kappa shape index (κ3) is 25.0. The third-order valence-corrected chi connectivity index (χ3v) is 24.2. The summed E-state index contributed by atoms with van der Waals surface area (Å²) in [5.74, 6) is 0.618. The van der Waals surface area contributed by atoms with Gasteiger partial charge in [0.25, 0.3) is 23.6 Å². The van der Waals surface area contributed by atoms with Crippen molar-refractivity contribution in [3.63, 3.8) is 0 Å². The van der Waals surface area contributed by atoms with E-state index in [9.17, 15) is 89.8 Å². The van der Waals surface area contributed by atoms with E-state index < -0.39 is 64.6 Å². The molecule has 20 aromatic rings. The Morgan fingerprint density at radius 2 is 0.557 bits per heavy atom. The van der Waals surface area contributed by atoms with Crippen LogP contribution in [0.25, 0.3) is 59.4 Å². The Labute approximate surface area is 844 Å². The fourth-order valence-corrected chi connectivity index (χ4v) is 16.3. The molecule has 20 rings (SSSR count). The third-order valence-electron chi connectivity index (χ3n) is 23.5. The molecule has 0 fully saturated rings. The van der Waals surface area contributed by atoms with Gasteiger partial charge in [0, 0.05) is 48.2 Å². The fraction of sp³-hybridized carbons (Fsp3) is 0.119. The molecule has 0 atom stereocenters. The monoisotopic (exact) mass is 2100 g/mol. The van der Waals surface area contributed by atoms with E-state index in [4.69, 9.17) is 11.0 Å². The molecule has 24 nitrogen and oxygen atoms in total. The maximum Gasteiger partial charge on any atom is 0.416 e. The molecule has 5 amide bonds. The topological polar surface area (TPSA) is 281 Å². The average molecular weight is 2100 g/mol. The van der Waals surface area contributed by atoms with Gasteiger partial charge in [-0.15, -0.1) is 0 Å². The van der Waals surface area contributed by atoms with Gasteiger partial charge in [-0.25, -0.2) is 4.85 Å². The lowest BCUT2D eigenvalue weighted by atomic mass is 10.1. The van der Waals surface area contributed by atoms with E-state index >= 15 is 0 Å². The molecule has 0 radical (unpaired) electrons. The Bertz CT molecular complexity index is 7940. The molecule has 13 aromatic carbocycles. The molecule has 7 heterocycles. The highest BCUT2D eigenvalue weighted by molar-refractivity contribution is 9.10. The number of aromatic amines is 1. The Balaban J connectivity index is 0.000000133. The normalized spacial score (nSPS) is 11.6. The van der Waals surface area contributed by atoms with Crippen molar-refractivity contribution in [1.29, 1.82) is 0 Å². The van der Waals surface area contributed by atoms with Gasteiger partial charge in [0.15, 0.2) is 34.8 Å². The van der Waals surface area contributed by atoms with Crippen LogP contribution in [0.2, 0.25) is 0 Å². The van der Waals surface area contributed by atoms with Gasteiger partial charge < -0.3 is 31.0 Å². The number of carbonyl (C=O) groups is 5. The molecule has 0 unspecified atom stereocenters. The predicted molar refractivity (Wildman–Crippen MR) is 536 cm³/mol. The maximum absolute atomic E-state index is 12.8. The summed E-state index contributed by atoms with van der Waals surface area (Å²) >= 11 is 3.36. The number of hydrogen-bond acceptors (Lipinski definition) is 12. The average Bonchev–Trinajstić information content (AvgIpc) is 1.66. The summed E-state index contributed by atoms with van der Waals surface area (Å²) < 4.78 is 206. The molecule has 149 heavy (non-hydrogen) atoms.